The largest absolute Gasteiger partial charge is 0.481 e. The lowest BCUT2D eigenvalue weighted by Gasteiger charge is -2.18. The molecule has 140 valence electrons. The van der Waals surface area contributed by atoms with E-state index in [1.54, 1.807) is 0 Å². The number of carbonyl (C=O) groups excluding carboxylic acids is 1. The van der Waals surface area contributed by atoms with Crippen molar-refractivity contribution in [2.24, 2.45) is 11.8 Å². The van der Waals surface area contributed by atoms with Crippen LogP contribution in [0.15, 0.2) is 0 Å². The van der Waals surface area contributed by atoms with Crippen molar-refractivity contribution in [3.63, 3.8) is 0 Å². The van der Waals surface area contributed by atoms with Crippen molar-refractivity contribution in [2.45, 2.75) is 38.9 Å². The van der Waals surface area contributed by atoms with Gasteiger partial charge in [0.25, 0.3) is 0 Å². The third kappa shape index (κ3) is 4.59. The number of carbonyl (C=O) groups is 2. The van der Waals surface area contributed by atoms with E-state index >= 15 is 0 Å². The summed E-state index contributed by atoms with van der Waals surface area (Å²) in [6, 6.07) is -0.745. The average molecular weight is 380 g/mol. The maximum absolute atomic E-state index is 12.9. The molecule has 0 unspecified atom stereocenters. The first-order valence-corrected chi connectivity index (χ1v) is 8.36. The van der Waals surface area contributed by atoms with E-state index in [1.807, 2.05) is 20.8 Å². The molecule has 1 fully saturated rings. The lowest BCUT2D eigenvalue weighted by atomic mass is 9.96. The minimum Gasteiger partial charge on any atom is -0.481 e. The number of aromatic nitrogens is 2. The molecule has 2 rings (SSSR count). The second kappa shape index (κ2) is 6.77. The number of halogens is 3. The van der Waals surface area contributed by atoms with E-state index < -0.39 is 43.1 Å². The molecule has 0 saturated carbocycles. The topological polar surface area (TPSA) is 95.4 Å². The Kier molecular flexibility index (Phi) is 5.26. The molecule has 0 bridgehead atoms. The molecule has 2 heterocycles. The van der Waals surface area contributed by atoms with Gasteiger partial charge < -0.3 is 15.3 Å². The molecule has 0 aliphatic carbocycles. The lowest BCUT2D eigenvalue weighted by molar-refractivity contribution is -0.187. The number of carboxylic acid groups (broad SMARTS) is 1. The van der Waals surface area contributed by atoms with Gasteiger partial charge in [0.05, 0.1) is 18.4 Å². The molecule has 1 aliphatic heterocycles. The molecule has 0 spiro atoms. The molecule has 2 amide bonds. The van der Waals surface area contributed by atoms with Gasteiger partial charge in [0.2, 0.25) is 0 Å². The lowest BCUT2D eigenvalue weighted by Crippen LogP contribution is -2.39. The summed E-state index contributed by atoms with van der Waals surface area (Å²) in [5, 5.41) is 20.7. The van der Waals surface area contributed by atoms with E-state index in [0.29, 0.717) is 5.01 Å². The van der Waals surface area contributed by atoms with Crippen molar-refractivity contribution in [3.8, 4) is 0 Å². The molecule has 1 saturated heterocycles. The monoisotopic (exact) mass is 380 g/mol. The van der Waals surface area contributed by atoms with E-state index in [9.17, 15) is 22.8 Å². The summed E-state index contributed by atoms with van der Waals surface area (Å²) in [5.74, 6) is -5.28. The van der Waals surface area contributed by atoms with Gasteiger partial charge in [-0.3, -0.25) is 4.79 Å². The molecule has 1 aromatic heterocycles. The fourth-order valence-corrected chi connectivity index (χ4v) is 3.28. The number of rotatable bonds is 3. The first-order chi connectivity index (χ1) is 11.4. The highest BCUT2D eigenvalue weighted by Crippen LogP contribution is 2.37. The van der Waals surface area contributed by atoms with Crippen molar-refractivity contribution in [3.05, 3.63) is 10.0 Å². The van der Waals surface area contributed by atoms with Crippen LogP contribution in [0.25, 0.3) is 0 Å². The van der Waals surface area contributed by atoms with Gasteiger partial charge in [0.15, 0.2) is 0 Å². The summed E-state index contributed by atoms with van der Waals surface area (Å²) in [6.45, 7) is 4.76. The van der Waals surface area contributed by atoms with Gasteiger partial charge in [0, 0.05) is 18.5 Å². The summed E-state index contributed by atoms with van der Waals surface area (Å²) >= 11 is 1.31. The molecule has 2 atom stereocenters. The van der Waals surface area contributed by atoms with Crippen molar-refractivity contribution in [1.29, 1.82) is 0 Å². The third-order valence-corrected chi connectivity index (χ3v) is 5.19. The van der Waals surface area contributed by atoms with Crippen LogP contribution in [0.4, 0.5) is 18.0 Å². The highest BCUT2D eigenvalue weighted by atomic mass is 32.1. The molecule has 2 N–H and O–H groups in total. The molecule has 1 aliphatic rings. The number of nitrogens with one attached hydrogen (secondary N) is 1. The Morgan fingerprint density at radius 1 is 1.28 bits per heavy atom. The van der Waals surface area contributed by atoms with Crippen LogP contribution in [0.2, 0.25) is 0 Å². The predicted octanol–water partition coefficient (Wildman–Crippen LogP) is 2.24. The van der Waals surface area contributed by atoms with E-state index in [4.69, 9.17) is 5.11 Å². The van der Waals surface area contributed by atoms with Gasteiger partial charge in [-0.05, 0) is 0 Å². The maximum Gasteiger partial charge on any atom is 0.394 e. The zero-order valence-corrected chi connectivity index (χ0v) is 14.7. The van der Waals surface area contributed by atoms with Gasteiger partial charge in [0.1, 0.15) is 10.0 Å². The fourth-order valence-electron chi connectivity index (χ4n) is 2.44. The second-order valence-electron chi connectivity index (χ2n) is 6.91. The van der Waals surface area contributed by atoms with E-state index in [2.05, 4.69) is 15.5 Å². The van der Waals surface area contributed by atoms with Crippen LogP contribution in [0.5, 0.6) is 0 Å². The predicted molar refractivity (Wildman–Crippen MR) is 83.1 cm³/mol. The van der Waals surface area contributed by atoms with Crippen molar-refractivity contribution < 1.29 is 27.9 Å². The number of hydrogen-bond acceptors (Lipinski definition) is 5. The maximum atomic E-state index is 12.9. The van der Waals surface area contributed by atoms with E-state index in [-0.39, 0.29) is 12.0 Å². The molecular formula is C14H19F3N4O3S. The van der Waals surface area contributed by atoms with Crippen LogP contribution >= 0.6 is 11.3 Å². The summed E-state index contributed by atoms with van der Waals surface area (Å²) in [4.78, 5) is 24.0. The number of aliphatic carboxylic acids is 1. The Morgan fingerprint density at radius 3 is 2.36 bits per heavy atom. The first kappa shape index (κ1) is 19.4. The van der Waals surface area contributed by atoms with Crippen LogP contribution in [0, 0.1) is 11.8 Å². The van der Waals surface area contributed by atoms with Crippen LogP contribution in [0.3, 0.4) is 0 Å². The Morgan fingerprint density at radius 2 is 1.92 bits per heavy atom. The van der Waals surface area contributed by atoms with Crippen molar-refractivity contribution >= 4 is 23.3 Å². The van der Waals surface area contributed by atoms with E-state index in [1.165, 1.54) is 11.3 Å². The highest BCUT2D eigenvalue weighted by molar-refractivity contribution is 7.11. The summed E-state index contributed by atoms with van der Waals surface area (Å²) in [5.41, 5.74) is -0.191. The number of amides is 2. The Hall–Kier alpha value is -1.91. The van der Waals surface area contributed by atoms with Crippen LogP contribution in [0.1, 0.15) is 30.8 Å². The standard InChI is InChI=1S/C14H19F3N4O3S/c1-13(2,3)11-20-19-9(25-11)4-18-12(24)21-5-7(10(22)23)8(6-21)14(15,16)17/h7-8H,4-6H2,1-3H3,(H,18,24)(H,22,23)/t7-,8-/m1/s1. The average Bonchev–Trinajstić information content (AvgIpc) is 3.10. The smallest absolute Gasteiger partial charge is 0.394 e. The number of carboxylic acids is 1. The van der Waals surface area contributed by atoms with Crippen LogP contribution in [-0.2, 0) is 16.8 Å². The first-order valence-electron chi connectivity index (χ1n) is 7.54. The van der Waals surface area contributed by atoms with Gasteiger partial charge in [-0.25, -0.2) is 4.79 Å². The number of likely N-dealkylation sites (tertiary alicyclic amines) is 1. The molecule has 0 aromatic carbocycles. The zero-order chi connectivity index (χ0) is 19.0. The highest BCUT2D eigenvalue weighted by Gasteiger charge is 2.53. The zero-order valence-electron chi connectivity index (χ0n) is 13.9. The Balaban J connectivity index is 1.97. The van der Waals surface area contributed by atoms with E-state index in [0.717, 1.165) is 9.91 Å². The Labute approximate surface area is 146 Å². The van der Waals surface area contributed by atoms with Crippen molar-refractivity contribution in [1.82, 2.24) is 20.4 Å². The summed E-state index contributed by atoms with van der Waals surface area (Å²) in [6.07, 6.45) is -4.67. The molecule has 11 heteroatoms. The quantitative estimate of drug-likeness (QED) is 0.839. The SMILES string of the molecule is CC(C)(C)c1nnc(CNC(=O)N2C[C@@H](C(F)(F)F)[C@H](C(=O)O)C2)s1. The number of nitrogens with zero attached hydrogens (tertiary/aromatic N) is 3. The van der Waals surface area contributed by atoms with Gasteiger partial charge >= 0.3 is 18.2 Å². The molecule has 7 nitrogen and oxygen atoms in total. The van der Waals surface area contributed by atoms with Gasteiger partial charge in [-0.2, -0.15) is 13.2 Å². The molecular weight excluding hydrogens is 361 g/mol. The molecule has 25 heavy (non-hydrogen) atoms. The fraction of sp³-hybridized carbons (Fsp3) is 0.714. The van der Waals surface area contributed by atoms with Crippen LogP contribution in [-0.4, -0.2) is 51.5 Å². The third-order valence-electron chi connectivity index (χ3n) is 3.84. The summed E-state index contributed by atoms with van der Waals surface area (Å²) < 4.78 is 38.8. The van der Waals surface area contributed by atoms with Crippen molar-refractivity contribution in [2.75, 3.05) is 13.1 Å². The number of alkyl halides is 3. The molecule has 0 radical (unpaired) electrons. The number of hydrogen-bond donors (Lipinski definition) is 2. The minimum absolute atomic E-state index is 0.0253. The summed E-state index contributed by atoms with van der Waals surface area (Å²) in [7, 11) is 0. The second-order valence-corrected chi connectivity index (χ2v) is 7.97. The van der Waals surface area contributed by atoms with Gasteiger partial charge in [-0.15, -0.1) is 10.2 Å². The number of urea groups is 1. The van der Waals surface area contributed by atoms with Crippen LogP contribution < -0.4 is 5.32 Å². The molecule has 1 aromatic rings. The van der Waals surface area contributed by atoms with Gasteiger partial charge in [-0.1, -0.05) is 32.1 Å². The Bertz CT molecular complexity index is 656. The normalized spacial score (nSPS) is 21.4. The minimum atomic E-state index is -4.67.